The lowest BCUT2D eigenvalue weighted by Crippen LogP contribution is -2.27. The first-order valence-electron chi connectivity index (χ1n) is 7.14. The predicted molar refractivity (Wildman–Crippen MR) is 72.9 cm³/mol. The van der Waals surface area contributed by atoms with Gasteiger partial charge in [-0.25, -0.2) is 0 Å². The van der Waals surface area contributed by atoms with Gasteiger partial charge in [-0.1, -0.05) is 26.2 Å². The van der Waals surface area contributed by atoms with Gasteiger partial charge in [-0.3, -0.25) is 4.79 Å². The minimum absolute atomic E-state index is 0.117. The number of hydrogen-bond acceptors (Lipinski definition) is 1. The number of rotatable bonds is 6. The van der Waals surface area contributed by atoms with Gasteiger partial charge in [-0.15, -0.1) is 0 Å². The van der Waals surface area contributed by atoms with E-state index in [0.29, 0.717) is 12.5 Å². The zero-order chi connectivity index (χ0) is 17.7. The van der Waals surface area contributed by atoms with Crippen LogP contribution in [0.25, 0.3) is 0 Å². The Hall–Kier alpha value is -1.73. The Balaban J connectivity index is 2.98. The third-order valence-corrected chi connectivity index (χ3v) is 3.21. The summed E-state index contributed by atoms with van der Waals surface area (Å²) in [4.78, 5) is 11.8. The Morgan fingerprint density at radius 1 is 1.00 bits per heavy atom. The second kappa shape index (κ2) is 7.70. The van der Waals surface area contributed by atoms with Crippen LogP contribution in [-0.2, 0) is 12.4 Å². The third kappa shape index (κ3) is 5.76. The van der Waals surface area contributed by atoms with E-state index in [0.717, 1.165) is 19.3 Å². The molecular formula is C15H17F6NO. The smallest absolute Gasteiger partial charge is 0.352 e. The van der Waals surface area contributed by atoms with E-state index in [1.54, 1.807) is 0 Å². The molecular weight excluding hydrogens is 324 g/mol. The Bertz CT molecular complexity index is 536. The van der Waals surface area contributed by atoms with Crippen LogP contribution in [-0.4, -0.2) is 12.5 Å². The molecule has 0 saturated carbocycles. The van der Waals surface area contributed by atoms with Crippen molar-refractivity contribution in [3.05, 3.63) is 34.9 Å². The fourth-order valence-corrected chi connectivity index (χ4v) is 2.00. The van der Waals surface area contributed by atoms with E-state index in [9.17, 15) is 31.1 Å². The van der Waals surface area contributed by atoms with Gasteiger partial charge in [-0.2, -0.15) is 26.3 Å². The van der Waals surface area contributed by atoms with E-state index >= 15 is 0 Å². The van der Waals surface area contributed by atoms with Crippen LogP contribution in [0.15, 0.2) is 18.2 Å². The molecule has 0 aliphatic rings. The van der Waals surface area contributed by atoms with Crippen LogP contribution in [0.1, 0.15) is 54.1 Å². The van der Waals surface area contributed by atoms with Crippen LogP contribution in [0.5, 0.6) is 0 Å². The van der Waals surface area contributed by atoms with Crippen LogP contribution < -0.4 is 5.32 Å². The van der Waals surface area contributed by atoms with E-state index in [2.05, 4.69) is 5.32 Å². The summed E-state index contributed by atoms with van der Waals surface area (Å²) < 4.78 is 76.5. The fourth-order valence-electron chi connectivity index (χ4n) is 2.00. The van der Waals surface area contributed by atoms with Gasteiger partial charge in [0.05, 0.1) is 16.7 Å². The van der Waals surface area contributed by atoms with Crippen molar-refractivity contribution in [2.24, 2.45) is 0 Å². The Morgan fingerprint density at radius 2 is 1.65 bits per heavy atom. The number of hydrogen-bond donors (Lipinski definition) is 1. The molecule has 0 fully saturated rings. The standard InChI is InChI=1S/C15H17F6NO/c1-2-3-4-5-8-22-13(23)11-9-10(14(16,17)18)6-7-12(11)15(19,20)21/h6-7,9H,2-5,8H2,1H3,(H,22,23). The minimum atomic E-state index is -4.90. The number of alkyl halides is 6. The zero-order valence-corrected chi connectivity index (χ0v) is 12.4. The summed E-state index contributed by atoms with van der Waals surface area (Å²) in [6.45, 7) is 2.09. The highest BCUT2D eigenvalue weighted by Gasteiger charge is 2.38. The van der Waals surface area contributed by atoms with E-state index in [4.69, 9.17) is 0 Å². The van der Waals surface area contributed by atoms with Crippen LogP contribution in [0.4, 0.5) is 26.3 Å². The number of halogens is 6. The molecule has 2 nitrogen and oxygen atoms in total. The molecule has 0 spiro atoms. The molecule has 0 unspecified atom stereocenters. The molecule has 0 bridgehead atoms. The van der Waals surface area contributed by atoms with Gasteiger partial charge in [0.2, 0.25) is 0 Å². The molecule has 1 aromatic carbocycles. The maximum absolute atomic E-state index is 12.9. The summed E-state index contributed by atoms with van der Waals surface area (Å²) in [5.74, 6) is -1.15. The van der Waals surface area contributed by atoms with Crippen LogP contribution in [0.3, 0.4) is 0 Å². The SMILES string of the molecule is CCCCCCNC(=O)c1cc(C(F)(F)F)ccc1C(F)(F)F. The number of amides is 1. The summed E-state index contributed by atoms with van der Waals surface area (Å²) in [5, 5.41) is 2.24. The topological polar surface area (TPSA) is 29.1 Å². The Morgan fingerprint density at radius 3 is 2.17 bits per heavy atom. The molecule has 0 radical (unpaired) electrons. The molecule has 1 rings (SSSR count). The first-order valence-corrected chi connectivity index (χ1v) is 7.14. The van der Waals surface area contributed by atoms with Gasteiger partial charge in [0.1, 0.15) is 0 Å². The van der Waals surface area contributed by atoms with E-state index in [1.165, 1.54) is 0 Å². The first kappa shape index (κ1) is 19.3. The fraction of sp³-hybridized carbons (Fsp3) is 0.533. The number of nitrogens with one attached hydrogen (secondary N) is 1. The average molecular weight is 341 g/mol. The van der Waals surface area contributed by atoms with Crippen molar-refractivity contribution in [2.45, 2.75) is 45.0 Å². The molecule has 0 aromatic heterocycles. The van der Waals surface area contributed by atoms with Gasteiger partial charge in [0.15, 0.2) is 0 Å². The Labute approximate surface area is 129 Å². The molecule has 1 amide bonds. The molecule has 0 aliphatic heterocycles. The molecule has 1 aromatic rings. The van der Waals surface area contributed by atoms with Crippen molar-refractivity contribution in [1.82, 2.24) is 5.32 Å². The zero-order valence-electron chi connectivity index (χ0n) is 12.4. The van der Waals surface area contributed by atoms with Gasteiger partial charge in [0, 0.05) is 6.54 Å². The average Bonchev–Trinajstić information content (AvgIpc) is 2.44. The molecule has 130 valence electrons. The van der Waals surface area contributed by atoms with Gasteiger partial charge in [0.25, 0.3) is 5.91 Å². The molecule has 23 heavy (non-hydrogen) atoms. The van der Waals surface area contributed by atoms with Crippen molar-refractivity contribution in [3.8, 4) is 0 Å². The summed E-state index contributed by atoms with van der Waals surface area (Å²) >= 11 is 0. The lowest BCUT2D eigenvalue weighted by Gasteiger charge is -2.15. The number of carbonyl (C=O) groups is 1. The maximum atomic E-state index is 12.9. The summed E-state index contributed by atoms with van der Waals surface area (Å²) in [6.07, 6.45) is -6.53. The molecule has 0 atom stereocenters. The normalized spacial score (nSPS) is 12.3. The lowest BCUT2D eigenvalue weighted by atomic mass is 10.0. The molecule has 0 saturated heterocycles. The lowest BCUT2D eigenvalue weighted by molar-refractivity contribution is -0.141. The van der Waals surface area contributed by atoms with E-state index in [1.807, 2.05) is 6.92 Å². The van der Waals surface area contributed by atoms with Crippen molar-refractivity contribution < 1.29 is 31.1 Å². The molecule has 0 heterocycles. The van der Waals surface area contributed by atoms with E-state index in [-0.39, 0.29) is 18.7 Å². The quantitative estimate of drug-likeness (QED) is 0.570. The van der Waals surface area contributed by atoms with Crippen molar-refractivity contribution in [2.75, 3.05) is 6.54 Å². The predicted octanol–water partition coefficient (Wildman–Crippen LogP) is 5.03. The van der Waals surface area contributed by atoms with Crippen molar-refractivity contribution in [3.63, 3.8) is 0 Å². The minimum Gasteiger partial charge on any atom is -0.352 e. The van der Waals surface area contributed by atoms with Gasteiger partial charge >= 0.3 is 12.4 Å². The van der Waals surface area contributed by atoms with Crippen LogP contribution in [0.2, 0.25) is 0 Å². The first-order chi connectivity index (χ1) is 10.6. The van der Waals surface area contributed by atoms with Gasteiger partial charge < -0.3 is 5.32 Å². The van der Waals surface area contributed by atoms with Crippen molar-refractivity contribution in [1.29, 1.82) is 0 Å². The molecule has 0 aliphatic carbocycles. The van der Waals surface area contributed by atoms with Gasteiger partial charge in [-0.05, 0) is 24.6 Å². The van der Waals surface area contributed by atoms with Crippen molar-refractivity contribution >= 4 is 5.91 Å². The van der Waals surface area contributed by atoms with E-state index < -0.39 is 35.0 Å². The maximum Gasteiger partial charge on any atom is 0.417 e. The largest absolute Gasteiger partial charge is 0.417 e. The Kier molecular flexibility index (Phi) is 6.47. The second-order valence-corrected chi connectivity index (χ2v) is 5.07. The number of carbonyl (C=O) groups excluding carboxylic acids is 1. The molecule has 1 N–H and O–H groups in total. The summed E-state index contributed by atoms with van der Waals surface area (Å²) in [5.41, 5.74) is -3.68. The summed E-state index contributed by atoms with van der Waals surface area (Å²) in [7, 11) is 0. The highest BCUT2D eigenvalue weighted by molar-refractivity contribution is 5.96. The number of benzene rings is 1. The summed E-state index contributed by atoms with van der Waals surface area (Å²) in [6, 6.07) is 0.847. The van der Waals surface area contributed by atoms with Crippen LogP contribution in [0, 0.1) is 0 Å². The third-order valence-electron chi connectivity index (χ3n) is 3.21. The monoisotopic (exact) mass is 341 g/mol. The molecule has 8 heteroatoms. The highest BCUT2D eigenvalue weighted by atomic mass is 19.4. The second-order valence-electron chi connectivity index (χ2n) is 5.07. The van der Waals surface area contributed by atoms with Crippen LogP contribution >= 0.6 is 0 Å². The highest BCUT2D eigenvalue weighted by Crippen LogP contribution is 2.36. The number of unbranched alkanes of at least 4 members (excludes halogenated alkanes) is 3.